The normalized spacial score (nSPS) is 21.4. The Kier molecular flexibility index (Phi) is 5.00. The zero-order valence-corrected chi connectivity index (χ0v) is 15.7. The summed E-state index contributed by atoms with van der Waals surface area (Å²) in [5.74, 6) is 0.929. The van der Waals surface area contributed by atoms with Gasteiger partial charge in [-0.3, -0.25) is 0 Å². The highest BCUT2D eigenvalue weighted by molar-refractivity contribution is 7.89. The maximum atomic E-state index is 12.8. The maximum Gasteiger partial charge on any atom is 0.260 e. The molecule has 1 unspecified atom stereocenters. The Labute approximate surface area is 152 Å². The number of β-amino-alcohol motifs (C(OH)–C–C–N with tert-alkyl or cyclic N) is 1. The third-order valence-corrected chi connectivity index (χ3v) is 6.04. The first-order chi connectivity index (χ1) is 12.3. The number of hydrogen-bond donors (Lipinski definition) is 1. The SMILES string of the molecule is CCOc1ccc(S(=O)(=O)N2CCC(O)(c3nc(C(C)C)no3)C2)cn1. The van der Waals surface area contributed by atoms with Crippen LogP contribution in [0.15, 0.2) is 27.7 Å². The highest BCUT2D eigenvalue weighted by atomic mass is 32.2. The van der Waals surface area contributed by atoms with Gasteiger partial charge in [-0.25, -0.2) is 13.4 Å². The van der Waals surface area contributed by atoms with Crippen LogP contribution in [0.3, 0.4) is 0 Å². The van der Waals surface area contributed by atoms with E-state index in [1.54, 1.807) is 0 Å². The summed E-state index contributed by atoms with van der Waals surface area (Å²) in [6.45, 7) is 6.07. The Morgan fingerprint density at radius 2 is 2.19 bits per heavy atom. The summed E-state index contributed by atoms with van der Waals surface area (Å²) in [5, 5.41) is 14.7. The van der Waals surface area contributed by atoms with Crippen LogP contribution in [0.2, 0.25) is 0 Å². The Hall–Kier alpha value is -2.04. The van der Waals surface area contributed by atoms with E-state index in [0.29, 0.717) is 18.3 Å². The van der Waals surface area contributed by atoms with E-state index in [2.05, 4.69) is 15.1 Å². The fraction of sp³-hybridized carbons (Fsp3) is 0.562. The van der Waals surface area contributed by atoms with Crippen LogP contribution in [0.1, 0.15) is 44.8 Å². The van der Waals surface area contributed by atoms with Crippen LogP contribution in [0.5, 0.6) is 5.88 Å². The molecule has 3 rings (SSSR count). The predicted molar refractivity (Wildman–Crippen MR) is 91.1 cm³/mol. The number of rotatable bonds is 6. The number of ether oxygens (including phenoxy) is 1. The van der Waals surface area contributed by atoms with E-state index < -0.39 is 15.6 Å². The lowest BCUT2D eigenvalue weighted by Crippen LogP contribution is -2.34. The van der Waals surface area contributed by atoms with Crippen LogP contribution >= 0.6 is 0 Å². The van der Waals surface area contributed by atoms with E-state index in [-0.39, 0.29) is 36.2 Å². The summed E-state index contributed by atoms with van der Waals surface area (Å²) in [6, 6.07) is 2.94. The molecule has 2 aromatic heterocycles. The number of sulfonamides is 1. The molecule has 0 bridgehead atoms. The summed E-state index contributed by atoms with van der Waals surface area (Å²) < 4.78 is 37.2. The molecule has 1 aliphatic rings. The van der Waals surface area contributed by atoms with Crippen LogP contribution in [-0.4, -0.2) is 52.7 Å². The second-order valence-corrected chi connectivity index (χ2v) is 8.44. The van der Waals surface area contributed by atoms with Gasteiger partial charge in [0, 0.05) is 24.9 Å². The molecule has 9 nitrogen and oxygen atoms in total. The molecule has 1 N–H and O–H groups in total. The molecular weight excluding hydrogens is 360 g/mol. The first-order valence-electron chi connectivity index (χ1n) is 8.42. The standard InChI is InChI=1S/C16H22N4O5S/c1-4-24-13-6-5-12(9-17-13)26(22,23)20-8-7-16(21,10-20)15-18-14(11(2)3)19-25-15/h5-6,9,11,21H,4,7-8,10H2,1-3H3. The summed E-state index contributed by atoms with van der Waals surface area (Å²) in [7, 11) is -3.79. The fourth-order valence-electron chi connectivity index (χ4n) is 2.70. The van der Waals surface area contributed by atoms with Gasteiger partial charge in [-0.2, -0.15) is 9.29 Å². The zero-order valence-electron chi connectivity index (χ0n) is 14.9. The molecule has 1 atom stereocenters. The third-order valence-electron chi connectivity index (χ3n) is 4.21. The number of aliphatic hydroxyl groups is 1. The Morgan fingerprint density at radius 3 is 2.77 bits per heavy atom. The van der Waals surface area contributed by atoms with E-state index in [1.807, 2.05) is 20.8 Å². The monoisotopic (exact) mass is 382 g/mol. The summed E-state index contributed by atoms with van der Waals surface area (Å²) in [5.41, 5.74) is -1.49. The Morgan fingerprint density at radius 1 is 1.42 bits per heavy atom. The molecule has 0 amide bonds. The van der Waals surface area contributed by atoms with Gasteiger partial charge in [-0.1, -0.05) is 19.0 Å². The van der Waals surface area contributed by atoms with Crippen molar-refractivity contribution in [3.05, 3.63) is 30.0 Å². The molecule has 0 saturated carbocycles. The van der Waals surface area contributed by atoms with Crippen molar-refractivity contribution in [2.24, 2.45) is 0 Å². The molecule has 2 aromatic rings. The molecule has 3 heterocycles. The van der Waals surface area contributed by atoms with Gasteiger partial charge in [0.2, 0.25) is 15.9 Å². The molecule has 0 aliphatic carbocycles. The second-order valence-electron chi connectivity index (χ2n) is 6.50. The van der Waals surface area contributed by atoms with Crippen LogP contribution in [0.4, 0.5) is 0 Å². The van der Waals surface area contributed by atoms with Gasteiger partial charge in [0.25, 0.3) is 5.89 Å². The first kappa shape index (κ1) is 18.7. The second kappa shape index (κ2) is 6.93. The van der Waals surface area contributed by atoms with Crippen molar-refractivity contribution in [1.82, 2.24) is 19.4 Å². The molecule has 142 valence electrons. The third kappa shape index (κ3) is 3.44. The van der Waals surface area contributed by atoms with Crippen LogP contribution in [0, 0.1) is 0 Å². The molecule has 0 radical (unpaired) electrons. The Balaban J connectivity index is 1.79. The topological polar surface area (TPSA) is 119 Å². The molecule has 1 aliphatic heterocycles. The minimum absolute atomic E-state index is 0.0404. The lowest BCUT2D eigenvalue weighted by molar-refractivity contribution is 0.0194. The number of nitrogens with zero attached hydrogens (tertiary/aromatic N) is 4. The van der Waals surface area contributed by atoms with Crippen LogP contribution in [-0.2, 0) is 15.6 Å². The average molecular weight is 382 g/mol. The largest absolute Gasteiger partial charge is 0.478 e. The minimum atomic E-state index is -3.79. The lowest BCUT2D eigenvalue weighted by Gasteiger charge is -2.19. The van der Waals surface area contributed by atoms with Crippen molar-refractivity contribution >= 4 is 10.0 Å². The molecular formula is C16H22N4O5S. The molecule has 1 saturated heterocycles. The molecule has 0 aromatic carbocycles. The van der Waals surface area contributed by atoms with Crippen molar-refractivity contribution < 1.29 is 22.8 Å². The van der Waals surface area contributed by atoms with Crippen molar-refractivity contribution in [2.45, 2.75) is 43.6 Å². The van der Waals surface area contributed by atoms with E-state index in [9.17, 15) is 13.5 Å². The molecule has 26 heavy (non-hydrogen) atoms. The van der Waals surface area contributed by atoms with E-state index in [1.165, 1.54) is 22.6 Å². The van der Waals surface area contributed by atoms with Crippen LogP contribution in [0.25, 0.3) is 0 Å². The van der Waals surface area contributed by atoms with Gasteiger partial charge < -0.3 is 14.4 Å². The summed E-state index contributed by atoms with van der Waals surface area (Å²) >= 11 is 0. The fourth-order valence-corrected chi connectivity index (χ4v) is 4.14. The van der Waals surface area contributed by atoms with Crippen molar-refractivity contribution in [1.29, 1.82) is 0 Å². The smallest absolute Gasteiger partial charge is 0.260 e. The van der Waals surface area contributed by atoms with Crippen molar-refractivity contribution in [3.63, 3.8) is 0 Å². The number of aromatic nitrogens is 3. The predicted octanol–water partition coefficient (Wildman–Crippen LogP) is 1.27. The van der Waals surface area contributed by atoms with Gasteiger partial charge >= 0.3 is 0 Å². The molecule has 10 heteroatoms. The molecule has 0 spiro atoms. The minimum Gasteiger partial charge on any atom is -0.478 e. The van der Waals surface area contributed by atoms with Gasteiger partial charge in [0.15, 0.2) is 11.4 Å². The van der Waals surface area contributed by atoms with E-state index in [0.717, 1.165) is 0 Å². The van der Waals surface area contributed by atoms with Gasteiger partial charge in [0.1, 0.15) is 4.90 Å². The van der Waals surface area contributed by atoms with Gasteiger partial charge in [0.05, 0.1) is 19.3 Å². The highest BCUT2D eigenvalue weighted by Crippen LogP contribution is 2.34. The van der Waals surface area contributed by atoms with E-state index in [4.69, 9.17) is 9.26 Å². The lowest BCUT2D eigenvalue weighted by atomic mass is 10.0. The van der Waals surface area contributed by atoms with E-state index >= 15 is 0 Å². The van der Waals surface area contributed by atoms with Crippen LogP contribution < -0.4 is 4.74 Å². The van der Waals surface area contributed by atoms with Crippen molar-refractivity contribution in [3.8, 4) is 5.88 Å². The van der Waals surface area contributed by atoms with Gasteiger partial charge in [-0.15, -0.1) is 0 Å². The summed E-state index contributed by atoms with van der Waals surface area (Å²) in [4.78, 5) is 8.24. The number of pyridine rings is 1. The number of hydrogen-bond acceptors (Lipinski definition) is 8. The first-order valence-corrected chi connectivity index (χ1v) is 9.86. The average Bonchev–Trinajstić information content (AvgIpc) is 3.24. The zero-order chi connectivity index (χ0) is 18.9. The quantitative estimate of drug-likeness (QED) is 0.793. The highest BCUT2D eigenvalue weighted by Gasteiger charge is 2.46. The maximum absolute atomic E-state index is 12.8. The van der Waals surface area contributed by atoms with Crippen molar-refractivity contribution in [2.75, 3.05) is 19.7 Å². The summed E-state index contributed by atoms with van der Waals surface area (Å²) in [6.07, 6.45) is 1.43. The molecule has 1 fully saturated rings. The van der Waals surface area contributed by atoms with Gasteiger partial charge in [-0.05, 0) is 13.0 Å². The Bertz CT molecular complexity index is 865.